The molecule has 0 aliphatic rings. The van der Waals surface area contributed by atoms with E-state index in [2.05, 4.69) is 0 Å². The van der Waals surface area contributed by atoms with Gasteiger partial charge in [-0.3, -0.25) is 10.1 Å². The van der Waals surface area contributed by atoms with Crippen molar-refractivity contribution < 1.29 is 14.8 Å². The van der Waals surface area contributed by atoms with E-state index in [1.54, 1.807) is 0 Å². The molecule has 0 atom stereocenters. The highest BCUT2D eigenvalue weighted by molar-refractivity contribution is 5.80. The molecular formula is C5H7NO4. The summed E-state index contributed by atoms with van der Waals surface area (Å²) in [5.41, 5.74) is 0.234. The van der Waals surface area contributed by atoms with Crippen LogP contribution in [0.3, 0.4) is 0 Å². The summed E-state index contributed by atoms with van der Waals surface area (Å²) in [4.78, 5) is 19.1. The SMILES string of the molecule is C/C(=C\C(=O)O)C[N+](=O)[O-]. The summed E-state index contributed by atoms with van der Waals surface area (Å²) in [6.45, 7) is 0.989. The highest BCUT2D eigenvalue weighted by atomic mass is 16.6. The molecule has 0 radical (unpaired) electrons. The molecule has 0 aromatic rings. The Morgan fingerprint density at radius 3 is 2.60 bits per heavy atom. The normalized spacial score (nSPS) is 11.1. The van der Waals surface area contributed by atoms with Gasteiger partial charge in [-0.2, -0.15) is 0 Å². The number of aliphatic carboxylic acids is 1. The van der Waals surface area contributed by atoms with Gasteiger partial charge >= 0.3 is 5.97 Å². The highest BCUT2D eigenvalue weighted by Crippen LogP contribution is 1.91. The van der Waals surface area contributed by atoms with Gasteiger partial charge in [-0.1, -0.05) is 0 Å². The van der Waals surface area contributed by atoms with Crippen molar-refractivity contribution in [1.29, 1.82) is 0 Å². The molecule has 5 heteroatoms. The highest BCUT2D eigenvalue weighted by Gasteiger charge is 2.00. The van der Waals surface area contributed by atoms with Crippen molar-refractivity contribution in [2.45, 2.75) is 6.92 Å². The van der Waals surface area contributed by atoms with Crippen LogP contribution in [0.2, 0.25) is 0 Å². The molecule has 0 saturated heterocycles. The zero-order valence-electron chi connectivity index (χ0n) is 5.40. The molecule has 5 nitrogen and oxygen atoms in total. The van der Waals surface area contributed by atoms with Gasteiger partial charge in [-0.25, -0.2) is 4.79 Å². The van der Waals surface area contributed by atoms with E-state index in [0.717, 1.165) is 6.08 Å². The fourth-order valence-corrected chi connectivity index (χ4v) is 0.460. The van der Waals surface area contributed by atoms with Gasteiger partial charge in [0.05, 0.1) is 0 Å². The number of carbonyl (C=O) groups is 1. The molecular weight excluding hydrogens is 138 g/mol. The van der Waals surface area contributed by atoms with Crippen LogP contribution in [-0.2, 0) is 4.79 Å². The molecule has 0 spiro atoms. The molecule has 1 N–H and O–H groups in total. The first kappa shape index (κ1) is 8.61. The largest absolute Gasteiger partial charge is 0.478 e. The zero-order valence-corrected chi connectivity index (χ0v) is 5.40. The Hall–Kier alpha value is -1.39. The molecule has 0 bridgehead atoms. The number of hydrogen-bond donors (Lipinski definition) is 1. The molecule has 0 heterocycles. The summed E-state index contributed by atoms with van der Waals surface area (Å²) in [5, 5.41) is 17.9. The molecule has 0 rings (SSSR count). The minimum Gasteiger partial charge on any atom is -0.478 e. The second-order valence-corrected chi connectivity index (χ2v) is 1.82. The van der Waals surface area contributed by atoms with Crippen LogP contribution in [0, 0.1) is 10.1 Å². The predicted molar refractivity (Wildman–Crippen MR) is 33.3 cm³/mol. The van der Waals surface area contributed by atoms with Crippen LogP contribution < -0.4 is 0 Å². The van der Waals surface area contributed by atoms with Crippen molar-refractivity contribution in [3.8, 4) is 0 Å². The van der Waals surface area contributed by atoms with E-state index >= 15 is 0 Å². The van der Waals surface area contributed by atoms with Gasteiger partial charge in [0.25, 0.3) is 0 Å². The number of nitro groups is 1. The Balaban J connectivity index is 3.95. The monoisotopic (exact) mass is 145 g/mol. The summed E-state index contributed by atoms with van der Waals surface area (Å²) < 4.78 is 0. The molecule has 0 aliphatic carbocycles. The maximum atomic E-state index is 9.89. The summed E-state index contributed by atoms with van der Waals surface area (Å²) in [6.07, 6.45) is 0.822. The van der Waals surface area contributed by atoms with Gasteiger partial charge in [-0.15, -0.1) is 0 Å². The third kappa shape index (κ3) is 4.76. The van der Waals surface area contributed by atoms with Crippen molar-refractivity contribution in [2.24, 2.45) is 0 Å². The lowest BCUT2D eigenvalue weighted by molar-refractivity contribution is -0.470. The van der Waals surface area contributed by atoms with Crippen LogP contribution in [0.1, 0.15) is 6.92 Å². The molecule has 10 heavy (non-hydrogen) atoms. The Morgan fingerprint density at radius 1 is 1.80 bits per heavy atom. The van der Waals surface area contributed by atoms with E-state index in [9.17, 15) is 14.9 Å². The number of carboxylic acids is 1. The molecule has 0 aliphatic heterocycles. The van der Waals surface area contributed by atoms with Gasteiger partial charge in [-0.05, 0) is 6.92 Å². The lowest BCUT2D eigenvalue weighted by Gasteiger charge is -1.89. The molecule has 56 valence electrons. The van der Waals surface area contributed by atoms with Crippen molar-refractivity contribution >= 4 is 5.97 Å². The predicted octanol–water partition coefficient (Wildman–Crippen LogP) is 0.294. The maximum Gasteiger partial charge on any atom is 0.328 e. The van der Waals surface area contributed by atoms with Crippen molar-refractivity contribution in [2.75, 3.05) is 6.54 Å². The fraction of sp³-hybridized carbons (Fsp3) is 0.400. The topological polar surface area (TPSA) is 80.4 Å². The average Bonchev–Trinajstić information content (AvgIpc) is 1.58. The zero-order chi connectivity index (χ0) is 8.15. The summed E-state index contributed by atoms with van der Waals surface area (Å²) in [5.74, 6) is -1.15. The lowest BCUT2D eigenvalue weighted by atomic mass is 10.3. The second-order valence-electron chi connectivity index (χ2n) is 1.82. The van der Waals surface area contributed by atoms with E-state index in [1.165, 1.54) is 6.92 Å². The maximum absolute atomic E-state index is 9.89. The number of nitrogens with zero attached hydrogens (tertiary/aromatic N) is 1. The number of hydrogen-bond acceptors (Lipinski definition) is 3. The Kier molecular flexibility index (Phi) is 3.10. The molecule has 0 aromatic carbocycles. The molecule has 0 unspecified atom stereocenters. The summed E-state index contributed by atoms with van der Waals surface area (Å²) in [7, 11) is 0. The molecule has 0 saturated carbocycles. The summed E-state index contributed by atoms with van der Waals surface area (Å²) in [6, 6.07) is 0. The first-order chi connectivity index (χ1) is 4.52. The van der Waals surface area contributed by atoms with Crippen molar-refractivity contribution in [1.82, 2.24) is 0 Å². The Bertz CT molecular complexity index is 184. The Labute approximate surface area is 57.1 Å². The quantitative estimate of drug-likeness (QED) is 0.351. The van der Waals surface area contributed by atoms with E-state index in [-0.39, 0.29) is 5.57 Å². The van der Waals surface area contributed by atoms with Crippen molar-refractivity contribution in [3.63, 3.8) is 0 Å². The lowest BCUT2D eigenvalue weighted by Crippen LogP contribution is -2.03. The third-order valence-electron chi connectivity index (χ3n) is 0.748. The van der Waals surface area contributed by atoms with E-state index < -0.39 is 17.4 Å². The molecule has 0 amide bonds. The van der Waals surface area contributed by atoms with Gasteiger partial charge in [0.1, 0.15) is 0 Å². The van der Waals surface area contributed by atoms with Crippen LogP contribution in [0.15, 0.2) is 11.6 Å². The second kappa shape index (κ2) is 3.60. The first-order valence-corrected chi connectivity index (χ1v) is 2.54. The third-order valence-corrected chi connectivity index (χ3v) is 0.748. The Morgan fingerprint density at radius 2 is 2.30 bits per heavy atom. The van der Waals surface area contributed by atoms with Crippen LogP contribution in [0.5, 0.6) is 0 Å². The molecule has 0 aromatic heterocycles. The molecule has 0 fully saturated rings. The first-order valence-electron chi connectivity index (χ1n) is 2.54. The number of rotatable bonds is 3. The number of carboxylic acid groups (broad SMARTS) is 1. The van der Waals surface area contributed by atoms with Crippen molar-refractivity contribution in [3.05, 3.63) is 21.8 Å². The van der Waals surface area contributed by atoms with Crippen LogP contribution in [0.4, 0.5) is 0 Å². The smallest absolute Gasteiger partial charge is 0.328 e. The summed E-state index contributed by atoms with van der Waals surface area (Å²) >= 11 is 0. The van der Waals surface area contributed by atoms with Crippen LogP contribution in [0.25, 0.3) is 0 Å². The van der Waals surface area contributed by atoms with Gasteiger partial charge in [0, 0.05) is 16.6 Å². The average molecular weight is 145 g/mol. The van der Waals surface area contributed by atoms with Crippen LogP contribution in [-0.4, -0.2) is 22.5 Å². The van der Waals surface area contributed by atoms with E-state index in [4.69, 9.17) is 5.11 Å². The van der Waals surface area contributed by atoms with Crippen LogP contribution >= 0.6 is 0 Å². The van der Waals surface area contributed by atoms with E-state index in [1.807, 2.05) is 0 Å². The minimum atomic E-state index is -1.15. The fourth-order valence-electron chi connectivity index (χ4n) is 0.460. The van der Waals surface area contributed by atoms with Gasteiger partial charge in [0.15, 0.2) is 0 Å². The van der Waals surface area contributed by atoms with E-state index in [0.29, 0.717) is 0 Å². The van der Waals surface area contributed by atoms with Gasteiger partial charge in [0.2, 0.25) is 6.54 Å². The van der Waals surface area contributed by atoms with Gasteiger partial charge < -0.3 is 5.11 Å². The standard InChI is InChI=1S/C5H7NO4/c1-4(2-5(7)8)3-6(9)10/h2H,3H2,1H3,(H,7,8)/b4-2+. The minimum absolute atomic E-state index is 0.234.